The molecule has 1 N–H and O–H groups in total. The average molecular weight is 263 g/mol. The zero-order chi connectivity index (χ0) is 12.2. The van der Waals surface area contributed by atoms with E-state index in [4.69, 9.17) is 11.6 Å². The Morgan fingerprint density at radius 3 is 2.25 bits per heavy atom. The van der Waals surface area contributed by atoms with Crippen molar-refractivity contribution in [3.05, 3.63) is 40.4 Å². The molecule has 0 spiro atoms. The molecule has 1 aromatic rings. The van der Waals surface area contributed by atoms with Crippen LogP contribution in [0.4, 0.5) is 0 Å². The molecule has 88 valence electrons. The third kappa shape index (κ3) is 3.09. The molecule has 16 heavy (non-hydrogen) atoms. The van der Waals surface area contributed by atoms with Crippen molar-refractivity contribution >= 4 is 25.3 Å². The van der Waals surface area contributed by atoms with Gasteiger partial charge in [-0.25, -0.2) is 0 Å². The van der Waals surface area contributed by atoms with Crippen molar-refractivity contribution in [2.75, 3.05) is 14.2 Å². The van der Waals surface area contributed by atoms with E-state index in [-0.39, 0.29) is 0 Å². The van der Waals surface area contributed by atoms with Gasteiger partial charge in [-0.3, -0.25) is 4.57 Å². The Morgan fingerprint density at radius 2 is 1.81 bits per heavy atom. The molecule has 0 aromatic heterocycles. The van der Waals surface area contributed by atoms with Gasteiger partial charge in [-0.05, 0) is 23.8 Å². The van der Waals surface area contributed by atoms with E-state index in [2.05, 4.69) is 9.05 Å². The van der Waals surface area contributed by atoms with Crippen LogP contribution in [0.5, 0.6) is 0 Å². The van der Waals surface area contributed by atoms with Crippen LogP contribution in [0, 0.1) is 0 Å². The molecule has 0 amide bonds. The zero-order valence-electron chi connectivity index (χ0n) is 8.88. The summed E-state index contributed by atoms with van der Waals surface area (Å²) in [6.45, 7) is 0. The summed E-state index contributed by atoms with van der Waals surface area (Å²) in [5.41, 5.74) is 0.205. The van der Waals surface area contributed by atoms with Crippen LogP contribution >= 0.6 is 19.2 Å². The Bertz CT molecular complexity index is 419. The molecule has 0 fully saturated rings. The molecule has 0 radical (unpaired) electrons. The zero-order valence-corrected chi connectivity index (χ0v) is 10.5. The van der Waals surface area contributed by atoms with Crippen LogP contribution in [0.25, 0.3) is 6.08 Å². The summed E-state index contributed by atoms with van der Waals surface area (Å²) in [6, 6.07) is 6.67. The van der Waals surface area contributed by atoms with Gasteiger partial charge >= 0.3 is 7.60 Å². The van der Waals surface area contributed by atoms with Gasteiger partial charge < -0.3 is 14.2 Å². The van der Waals surface area contributed by atoms with Gasteiger partial charge in [-0.1, -0.05) is 23.7 Å². The highest BCUT2D eigenvalue weighted by molar-refractivity contribution is 7.58. The summed E-state index contributed by atoms with van der Waals surface area (Å²) in [7, 11) is -1.16. The minimum Gasteiger partial charge on any atom is -0.501 e. The van der Waals surface area contributed by atoms with E-state index >= 15 is 0 Å². The van der Waals surface area contributed by atoms with E-state index in [1.54, 1.807) is 24.3 Å². The largest absolute Gasteiger partial charge is 0.501 e. The second-order valence-corrected chi connectivity index (χ2v) is 5.54. The van der Waals surface area contributed by atoms with Crippen LogP contribution in [0.15, 0.2) is 29.8 Å². The van der Waals surface area contributed by atoms with Crippen molar-refractivity contribution in [3.63, 3.8) is 0 Å². The van der Waals surface area contributed by atoms with E-state index in [9.17, 15) is 9.67 Å². The third-order valence-electron chi connectivity index (χ3n) is 1.93. The van der Waals surface area contributed by atoms with Crippen molar-refractivity contribution in [1.29, 1.82) is 0 Å². The molecular formula is C10H12ClO4P. The van der Waals surface area contributed by atoms with Gasteiger partial charge in [0.25, 0.3) is 0 Å². The maximum atomic E-state index is 11.7. The monoisotopic (exact) mass is 262 g/mol. The molecule has 0 unspecified atom stereocenters. The van der Waals surface area contributed by atoms with E-state index in [0.29, 0.717) is 10.6 Å². The summed E-state index contributed by atoms with van der Waals surface area (Å²) >= 11 is 5.71. The molecule has 1 aromatic carbocycles. The van der Waals surface area contributed by atoms with E-state index in [1.807, 2.05) is 0 Å². The third-order valence-corrected chi connectivity index (χ3v) is 3.83. The summed E-state index contributed by atoms with van der Waals surface area (Å²) in [5.74, 6) is 0. The Morgan fingerprint density at radius 1 is 1.31 bits per heavy atom. The molecule has 0 aliphatic rings. The Balaban J connectivity index is 3.00. The Hall–Kier alpha value is -0.800. The highest BCUT2D eigenvalue weighted by Gasteiger charge is 2.27. The van der Waals surface area contributed by atoms with Crippen molar-refractivity contribution < 1.29 is 18.7 Å². The summed E-state index contributed by atoms with van der Waals surface area (Å²) in [4.78, 5) is 0. The number of hydrogen-bond acceptors (Lipinski definition) is 4. The fourth-order valence-corrected chi connectivity index (χ4v) is 2.01. The predicted molar refractivity (Wildman–Crippen MR) is 63.7 cm³/mol. The van der Waals surface area contributed by atoms with Crippen LogP contribution in [0.2, 0.25) is 5.02 Å². The highest BCUT2D eigenvalue weighted by Crippen LogP contribution is 2.53. The molecule has 0 saturated heterocycles. The van der Waals surface area contributed by atoms with Crippen LogP contribution in [-0.2, 0) is 13.6 Å². The Kier molecular flexibility index (Phi) is 4.56. The van der Waals surface area contributed by atoms with Gasteiger partial charge in [0.1, 0.15) is 0 Å². The molecule has 0 bridgehead atoms. The second-order valence-electron chi connectivity index (χ2n) is 2.92. The standard InChI is InChI=1S/C10H12ClO4P/c1-14-16(13,15-2)10(12)7-8-3-5-9(11)6-4-8/h3-7,12H,1-2H3. The molecular weight excluding hydrogens is 251 g/mol. The lowest BCUT2D eigenvalue weighted by Gasteiger charge is -2.12. The first-order valence-corrected chi connectivity index (χ1v) is 6.32. The van der Waals surface area contributed by atoms with E-state index in [1.165, 1.54) is 20.3 Å². The number of benzene rings is 1. The van der Waals surface area contributed by atoms with E-state index in [0.717, 1.165) is 0 Å². The Labute approximate surface area is 99.0 Å². The lowest BCUT2D eigenvalue weighted by atomic mass is 10.2. The lowest BCUT2D eigenvalue weighted by Crippen LogP contribution is -1.92. The summed E-state index contributed by atoms with van der Waals surface area (Å²) in [6.07, 6.45) is 1.31. The maximum absolute atomic E-state index is 11.7. The van der Waals surface area contributed by atoms with Crippen molar-refractivity contribution in [3.8, 4) is 0 Å². The number of halogens is 1. The first-order valence-electron chi connectivity index (χ1n) is 4.40. The minimum absolute atomic E-state index is 0.445. The minimum atomic E-state index is -3.57. The lowest BCUT2D eigenvalue weighted by molar-refractivity contribution is 0.262. The molecule has 1 rings (SSSR count). The number of rotatable bonds is 4. The maximum Gasteiger partial charge on any atom is 0.394 e. The number of aliphatic hydroxyl groups is 1. The fourth-order valence-electron chi connectivity index (χ4n) is 1.05. The first kappa shape index (κ1) is 13.3. The van der Waals surface area contributed by atoms with Crippen LogP contribution in [0.1, 0.15) is 5.56 Å². The molecule has 6 heteroatoms. The number of aliphatic hydroxyl groups excluding tert-OH is 1. The van der Waals surface area contributed by atoms with Crippen LogP contribution in [0.3, 0.4) is 0 Å². The topological polar surface area (TPSA) is 55.8 Å². The normalized spacial score (nSPS) is 12.8. The summed E-state index contributed by atoms with van der Waals surface area (Å²) < 4.78 is 21.0. The van der Waals surface area contributed by atoms with Gasteiger partial charge in [0, 0.05) is 19.2 Å². The molecule has 0 aliphatic heterocycles. The molecule has 0 heterocycles. The van der Waals surface area contributed by atoms with Gasteiger partial charge in [0.15, 0.2) is 0 Å². The van der Waals surface area contributed by atoms with Crippen molar-refractivity contribution in [2.24, 2.45) is 0 Å². The summed E-state index contributed by atoms with van der Waals surface area (Å²) in [5, 5.41) is 10.2. The quantitative estimate of drug-likeness (QED) is 0.664. The molecule has 4 nitrogen and oxygen atoms in total. The van der Waals surface area contributed by atoms with Crippen molar-refractivity contribution in [2.45, 2.75) is 0 Å². The van der Waals surface area contributed by atoms with Gasteiger partial charge in [-0.15, -0.1) is 0 Å². The SMILES string of the molecule is COP(=O)(OC)C(O)=Cc1ccc(Cl)cc1. The molecule has 0 saturated carbocycles. The first-order chi connectivity index (χ1) is 7.51. The van der Waals surface area contributed by atoms with Gasteiger partial charge in [-0.2, -0.15) is 0 Å². The van der Waals surface area contributed by atoms with Crippen LogP contribution < -0.4 is 0 Å². The second kappa shape index (κ2) is 5.51. The van der Waals surface area contributed by atoms with Crippen LogP contribution in [-0.4, -0.2) is 19.3 Å². The van der Waals surface area contributed by atoms with Gasteiger partial charge in [0.05, 0.1) is 0 Å². The molecule has 0 atom stereocenters. The predicted octanol–water partition coefficient (Wildman–Crippen LogP) is 3.68. The smallest absolute Gasteiger partial charge is 0.394 e. The molecule has 0 aliphatic carbocycles. The number of hydrogen-bond donors (Lipinski definition) is 1. The van der Waals surface area contributed by atoms with E-state index < -0.39 is 13.1 Å². The van der Waals surface area contributed by atoms with Crippen molar-refractivity contribution in [1.82, 2.24) is 0 Å². The van der Waals surface area contributed by atoms with Gasteiger partial charge in [0.2, 0.25) is 5.50 Å². The fraction of sp³-hybridized carbons (Fsp3) is 0.200. The highest BCUT2D eigenvalue weighted by atomic mass is 35.5. The average Bonchev–Trinajstić information content (AvgIpc) is 2.31.